The molecule has 23 heavy (non-hydrogen) atoms. The molecule has 0 bridgehead atoms. The van der Waals surface area contributed by atoms with E-state index in [1.807, 2.05) is 26.2 Å². The lowest BCUT2D eigenvalue weighted by Gasteiger charge is -2.14. The van der Waals surface area contributed by atoms with E-state index < -0.39 is 0 Å². The molecule has 1 aromatic carbocycles. The van der Waals surface area contributed by atoms with Crippen LogP contribution in [0.1, 0.15) is 5.56 Å². The van der Waals surface area contributed by atoms with Gasteiger partial charge < -0.3 is 15.5 Å². The molecule has 0 aliphatic carbocycles. The van der Waals surface area contributed by atoms with Crippen molar-refractivity contribution < 1.29 is 9.59 Å². The number of nitrogens with one attached hydrogen (secondary N) is 2. The highest BCUT2D eigenvalue weighted by molar-refractivity contribution is 6.00. The zero-order chi connectivity index (χ0) is 16.7. The first-order valence-electron chi connectivity index (χ1n) is 7.27. The van der Waals surface area contributed by atoms with Crippen molar-refractivity contribution in [2.75, 3.05) is 31.3 Å². The Bertz CT molecular complexity index is 671. The van der Waals surface area contributed by atoms with Crippen molar-refractivity contribution in [2.24, 2.45) is 0 Å². The lowest BCUT2D eigenvalue weighted by atomic mass is 10.2. The van der Waals surface area contributed by atoms with Crippen LogP contribution in [0, 0.1) is 0 Å². The predicted octanol–water partition coefficient (Wildman–Crippen LogP) is 1.76. The molecule has 2 aromatic rings. The van der Waals surface area contributed by atoms with Gasteiger partial charge >= 0.3 is 0 Å². The summed E-state index contributed by atoms with van der Waals surface area (Å²) in [5, 5.41) is 5.63. The van der Waals surface area contributed by atoms with Crippen molar-refractivity contribution in [3.63, 3.8) is 0 Å². The van der Waals surface area contributed by atoms with Gasteiger partial charge in [0, 0.05) is 12.4 Å². The Balaban J connectivity index is 2.02. The Hall–Kier alpha value is -2.73. The fraction of sp³-hybridized carbons (Fsp3) is 0.235. The van der Waals surface area contributed by atoms with Gasteiger partial charge in [0.1, 0.15) is 0 Å². The van der Waals surface area contributed by atoms with Crippen molar-refractivity contribution in [1.82, 2.24) is 9.88 Å². The number of hydrogen-bond donors (Lipinski definition) is 2. The number of carbonyl (C=O) groups excluding carboxylic acids is 2. The lowest BCUT2D eigenvalue weighted by molar-refractivity contribution is -0.117. The molecule has 0 atom stereocenters. The zero-order valence-electron chi connectivity index (χ0n) is 13.2. The minimum atomic E-state index is -0.160. The molecule has 2 amide bonds. The first kappa shape index (κ1) is 16.6. The standard InChI is InChI=1S/C17H20N4O2/c1-21(2)12-17(23)20-15-8-4-3-7-14(15)19-16(22)10-13-6-5-9-18-11-13/h3-9,11H,10,12H2,1-2H3,(H,19,22)(H,20,23). The number of benzene rings is 1. The molecular formula is C17H20N4O2. The van der Waals surface area contributed by atoms with Gasteiger partial charge in [-0.25, -0.2) is 0 Å². The number of rotatable bonds is 6. The molecule has 1 heterocycles. The maximum absolute atomic E-state index is 12.1. The number of hydrogen-bond acceptors (Lipinski definition) is 4. The summed E-state index contributed by atoms with van der Waals surface area (Å²) in [7, 11) is 3.64. The molecule has 0 aliphatic heterocycles. The fourth-order valence-corrected chi connectivity index (χ4v) is 2.06. The minimum absolute atomic E-state index is 0.135. The highest BCUT2D eigenvalue weighted by atomic mass is 16.2. The lowest BCUT2D eigenvalue weighted by Crippen LogP contribution is -2.27. The summed E-state index contributed by atoms with van der Waals surface area (Å²) >= 11 is 0. The van der Waals surface area contributed by atoms with Crippen LogP contribution in [-0.4, -0.2) is 42.3 Å². The molecule has 0 saturated heterocycles. The van der Waals surface area contributed by atoms with Gasteiger partial charge in [-0.15, -0.1) is 0 Å². The molecule has 0 fully saturated rings. The second-order valence-corrected chi connectivity index (χ2v) is 5.42. The topological polar surface area (TPSA) is 74.3 Å². The molecule has 2 N–H and O–H groups in total. The van der Waals surface area contributed by atoms with E-state index in [2.05, 4.69) is 15.6 Å². The van der Waals surface area contributed by atoms with Crippen molar-refractivity contribution in [3.8, 4) is 0 Å². The van der Waals surface area contributed by atoms with Crippen LogP contribution >= 0.6 is 0 Å². The van der Waals surface area contributed by atoms with Gasteiger partial charge in [0.2, 0.25) is 11.8 Å². The number of para-hydroxylation sites is 2. The monoisotopic (exact) mass is 312 g/mol. The smallest absolute Gasteiger partial charge is 0.238 e. The highest BCUT2D eigenvalue weighted by Crippen LogP contribution is 2.21. The fourth-order valence-electron chi connectivity index (χ4n) is 2.06. The number of carbonyl (C=O) groups is 2. The SMILES string of the molecule is CN(C)CC(=O)Nc1ccccc1NC(=O)Cc1cccnc1. The number of nitrogens with zero attached hydrogens (tertiary/aromatic N) is 2. The van der Waals surface area contributed by atoms with E-state index >= 15 is 0 Å². The van der Waals surface area contributed by atoms with Crippen LogP contribution in [0.3, 0.4) is 0 Å². The maximum atomic E-state index is 12.1. The Morgan fingerprint density at radius 3 is 2.22 bits per heavy atom. The Kier molecular flexibility index (Phi) is 5.82. The molecule has 1 aromatic heterocycles. The van der Waals surface area contributed by atoms with Gasteiger partial charge in [-0.2, -0.15) is 0 Å². The molecule has 0 saturated carbocycles. The first-order valence-corrected chi connectivity index (χ1v) is 7.27. The molecule has 2 rings (SSSR count). The van der Waals surface area contributed by atoms with Crippen molar-refractivity contribution in [1.29, 1.82) is 0 Å². The average Bonchev–Trinajstić information content (AvgIpc) is 2.49. The highest BCUT2D eigenvalue weighted by Gasteiger charge is 2.10. The molecule has 0 spiro atoms. The molecule has 6 nitrogen and oxygen atoms in total. The summed E-state index contributed by atoms with van der Waals surface area (Å²) in [4.78, 5) is 29.8. The Labute approximate surface area is 135 Å². The molecule has 120 valence electrons. The van der Waals surface area contributed by atoms with Crippen LogP contribution < -0.4 is 10.6 Å². The summed E-state index contributed by atoms with van der Waals surface area (Å²) in [6.07, 6.45) is 3.55. The maximum Gasteiger partial charge on any atom is 0.238 e. The van der Waals surface area contributed by atoms with E-state index in [-0.39, 0.29) is 24.8 Å². The van der Waals surface area contributed by atoms with Gasteiger partial charge in [-0.1, -0.05) is 18.2 Å². The van der Waals surface area contributed by atoms with Crippen LogP contribution in [-0.2, 0) is 16.0 Å². The first-order chi connectivity index (χ1) is 11.0. The van der Waals surface area contributed by atoms with E-state index in [9.17, 15) is 9.59 Å². The normalized spacial score (nSPS) is 10.4. The number of pyridine rings is 1. The second kappa shape index (κ2) is 8.05. The van der Waals surface area contributed by atoms with Crippen molar-refractivity contribution in [2.45, 2.75) is 6.42 Å². The summed E-state index contributed by atoms with van der Waals surface area (Å²) in [5.41, 5.74) is 1.99. The molecule has 0 radical (unpaired) electrons. The molecular weight excluding hydrogens is 292 g/mol. The largest absolute Gasteiger partial charge is 0.324 e. The molecule has 6 heteroatoms. The van der Waals surface area contributed by atoms with Crippen LogP contribution in [0.2, 0.25) is 0 Å². The van der Waals surface area contributed by atoms with Crippen LogP contribution in [0.5, 0.6) is 0 Å². The molecule has 0 aliphatic rings. The van der Waals surface area contributed by atoms with Gasteiger partial charge in [0.05, 0.1) is 24.3 Å². The summed E-state index contributed by atoms with van der Waals surface area (Å²) < 4.78 is 0. The number of amides is 2. The molecule has 0 unspecified atom stereocenters. The zero-order valence-corrected chi connectivity index (χ0v) is 13.2. The van der Waals surface area contributed by atoms with Gasteiger partial charge in [-0.05, 0) is 37.9 Å². The summed E-state index contributed by atoms with van der Waals surface area (Å²) in [5.74, 6) is -0.295. The van der Waals surface area contributed by atoms with Gasteiger partial charge in [0.15, 0.2) is 0 Å². The summed E-state index contributed by atoms with van der Waals surface area (Å²) in [6.45, 7) is 0.276. The van der Waals surface area contributed by atoms with Crippen LogP contribution in [0.25, 0.3) is 0 Å². The van der Waals surface area contributed by atoms with E-state index in [1.54, 1.807) is 41.6 Å². The quantitative estimate of drug-likeness (QED) is 0.852. The number of aromatic nitrogens is 1. The number of likely N-dealkylation sites (N-methyl/N-ethyl adjacent to an activating group) is 1. The Morgan fingerprint density at radius 1 is 1.00 bits per heavy atom. The van der Waals surface area contributed by atoms with Gasteiger partial charge in [0.25, 0.3) is 0 Å². The minimum Gasteiger partial charge on any atom is -0.324 e. The van der Waals surface area contributed by atoms with Crippen LogP contribution in [0.4, 0.5) is 11.4 Å². The van der Waals surface area contributed by atoms with E-state index in [0.29, 0.717) is 11.4 Å². The van der Waals surface area contributed by atoms with Crippen molar-refractivity contribution in [3.05, 3.63) is 54.4 Å². The average molecular weight is 312 g/mol. The van der Waals surface area contributed by atoms with E-state index in [0.717, 1.165) is 5.56 Å². The third-order valence-corrected chi connectivity index (χ3v) is 3.02. The summed E-state index contributed by atoms with van der Waals surface area (Å²) in [6, 6.07) is 10.8. The van der Waals surface area contributed by atoms with E-state index in [1.165, 1.54) is 0 Å². The van der Waals surface area contributed by atoms with Gasteiger partial charge in [-0.3, -0.25) is 14.6 Å². The third-order valence-electron chi connectivity index (χ3n) is 3.02. The van der Waals surface area contributed by atoms with E-state index in [4.69, 9.17) is 0 Å². The van der Waals surface area contributed by atoms with Crippen molar-refractivity contribution >= 4 is 23.2 Å². The predicted molar refractivity (Wildman–Crippen MR) is 90.2 cm³/mol. The third kappa shape index (κ3) is 5.52. The Morgan fingerprint density at radius 2 is 1.65 bits per heavy atom. The number of anilines is 2. The second-order valence-electron chi connectivity index (χ2n) is 5.42. The van der Waals surface area contributed by atoms with Crippen LogP contribution in [0.15, 0.2) is 48.8 Å².